The summed E-state index contributed by atoms with van der Waals surface area (Å²) in [5, 5.41) is 110. The third-order valence-corrected chi connectivity index (χ3v) is 20.1. The van der Waals surface area contributed by atoms with Gasteiger partial charge >= 0.3 is 25.7 Å². The molecule has 1 aliphatic carbocycles. The van der Waals surface area contributed by atoms with Gasteiger partial charge in [-0.15, -0.1) is 0 Å². The van der Waals surface area contributed by atoms with E-state index in [0.29, 0.717) is 19.3 Å². The second-order valence-electron chi connectivity index (χ2n) is 27.7. The zero-order chi connectivity index (χ0) is 71.1. The van der Waals surface area contributed by atoms with Gasteiger partial charge in [0.2, 0.25) is 0 Å². The number of unbranched alkanes of at least 4 members (excludes halogenated alkanes) is 39. The average Bonchev–Trinajstić information content (AvgIpc) is 0.763. The summed E-state index contributed by atoms with van der Waals surface area (Å²) in [5.74, 6) is -1.97. The van der Waals surface area contributed by atoms with Crippen LogP contribution in [-0.2, 0) is 61.2 Å². The fourth-order valence-electron chi connectivity index (χ4n) is 12.9. The molecule has 3 aliphatic rings. The molecule has 18 atom stereocenters. The molecule has 18 unspecified atom stereocenters. The maximum Gasteiger partial charge on any atom is 0.472 e. The normalized spacial score (nSPS) is 27.7. The van der Waals surface area contributed by atoms with E-state index >= 15 is 0 Å². The van der Waals surface area contributed by atoms with Gasteiger partial charge in [0.25, 0.3) is 0 Å². The highest BCUT2D eigenvalue weighted by Crippen LogP contribution is 2.49. The van der Waals surface area contributed by atoms with Crippen LogP contribution in [0.5, 0.6) is 0 Å². The molecule has 3 fully saturated rings. The van der Waals surface area contributed by atoms with Crippen LogP contribution >= 0.6 is 7.82 Å². The second kappa shape index (κ2) is 54.6. The van der Waals surface area contributed by atoms with Crippen molar-refractivity contribution in [1.82, 2.24) is 0 Å². The molecule has 2 heterocycles. The maximum absolute atomic E-state index is 14.3. The highest BCUT2D eigenvalue weighted by atomic mass is 31.2. The molecule has 2 aliphatic heterocycles. The Labute approximate surface area is 580 Å². The van der Waals surface area contributed by atoms with Gasteiger partial charge in [-0.2, -0.15) is 0 Å². The van der Waals surface area contributed by atoms with Crippen molar-refractivity contribution in [2.45, 2.75) is 414 Å². The lowest BCUT2D eigenvalue weighted by Gasteiger charge is -2.49. The van der Waals surface area contributed by atoms with Gasteiger partial charge in [-0.25, -0.2) is 4.57 Å². The van der Waals surface area contributed by atoms with E-state index in [1.807, 2.05) is 0 Å². The lowest BCUT2D eigenvalue weighted by Crippen LogP contribution is -2.69. The molecule has 0 bridgehead atoms. The summed E-state index contributed by atoms with van der Waals surface area (Å²) in [4.78, 5) is 51.0. The Bertz CT molecular complexity index is 2010. The van der Waals surface area contributed by atoms with Crippen LogP contribution in [0, 0.1) is 0 Å². The lowest BCUT2D eigenvalue weighted by atomic mass is 9.84. The summed E-state index contributed by atoms with van der Waals surface area (Å²) in [7, 11) is -5.69. The van der Waals surface area contributed by atoms with Gasteiger partial charge in [-0.3, -0.25) is 23.4 Å². The molecule has 0 amide bonds. The van der Waals surface area contributed by atoms with Crippen molar-refractivity contribution < 1.29 is 117 Å². The Morgan fingerprint density at radius 1 is 0.361 bits per heavy atom. The number of hydrogen-bond acceptors (Lipinski definition) is 23. The van der Waals surface area contributed by atoms with Crippen LogP contribution in [0.4, 0.5) is 0 Å². The van der Waals surface area contributed by atoms with E-state index in [4.69, 9.17) is 42.2 Å². The predicted molar refractivity (Wildman–Crippen MR) is 365 cm³/mol. The molecule has 0 spiro atoms. The summed E-state index contributed by atoms with van der Waals surface area (Å²) in [6.07, 6.45) is 11.7. The van der Waals surface area contributed by atoms with E-state index in [1.54, 1.807) is 0 Å². The van der Waals surface area contributed by atoms with Gasteiger partial charge in [0, 0.05) is 19.3 Å². The van der Waals surface area contributed by atoms with Crippen molar-refractivity contribution in [3.8, 4) is 0 Å². The predicted octanol–water partition coefficient (Wildman–Crippen LogP) is 10.6. The fraction of sp³-hybridized carbons (Fsp3) is 0.958. The van der Waals surface area contributed by atoms with E-state index in [9.17, 15) is 74.9 Å². The molecule has 24 nitrogen and oxygen atoms in total. The van der Waals surface area contributed by atoms with E-state index in [0.717, 1.165) is 89.9 Å². The summed E-state index contributed by atoms with van der Waals surface area (Å²) in [6, 6.07) is 0. The molecule has 2 saturated heterocycles. The van der Waals surface area contributed by atoms with E-state index in [1.165, 1.54) is 161 Å². The summed E-state index contributed by atoms with van der Waals surface area (Å²) in [6.45, 7) is 3.47. The topological polar surface area (TPSA) is 374 Å². The molecule has 0 aromatic heterocycles. The number of rotatable bonds is 60. The van der Waals surface area contributed by atoms with Crippen LogP contribution in [0.25, 0.3) is 0 Å². The molecule has 1 saturated carbocycles. The minimum Gasteiger partial charge on any atom is -0.463 e. The minimum atomic E-state index is -5.69. The number of esters is 3. The molecule has 0 aromatic rings. The first-order chi connectivity index (χ1) is 46.8. The number of carbonyl (C=O) groups excluding carboxylic acids is 3. The lowest BCUT2D eigenvalue weighted by molar-refractivity contribution is -0.360. The molecular formula is C72H135O24P. The number of phosphoric acid groups is 1. The number of ether oxygens (including phenoxy) is 7. The second-order valence-corrected chi connectivity index (χ2v) is 29.1. The fourth-order valence-corrected chi connectivity index (χ4v) is 13.8. The number of carbonyl (C=O) groups is 3. The first-order valence-corrected chi connectivity index (χ1v) is 39.8. The smallest absolute Gasteiger partial charge is 0.463 e. The van der Waals surface area contributed by atoms with Crippen LogP contribution < -0.4 is 0 Å². The Morgan fingerprint density at radius 3 is 1.01 bits per heavy atom. The summed E-state index contributed by atoms with van der Waals surface area (Å²) < 4.78 is 65.0. The number of phosphoric ester groups is 1. The standard InChI is InChI=1S/C72H135O24P/c1-4-7-10-13-16-19-22-25-26-27-28-30-32-35-37-40-43-46-56(74)88-50-53(91-58(76)48-45-42-39-36-33-29-23-20-17-14-11-8-5-2)51-90-97(86,87)96-70-68(94-71-66(84)61(79)59(77)54(49-73)92-71)64(82)63(81)65(83)69(70)95-72-67(85)62(80)60(78)55(93-72)52-89-57(75)47-44-41-38-34-31-24-21-18-15-12-9-6-3/h53-55,59-73,77-85H,4-52H2,1-3H3,(H,86,87). The van der Waals surface area contributed by atoms with Crippen molar-refractivity contribution in [3.05, 3.63) is 0 Å². The monoisotopic (exact) mass is 1410 g/mol. The van der Waals surface area contributed by atoms with Crippen LogP contribution in [0.2, 0.25) is 0 Å². The van der Waals surface area contributed by atoms with E-state index < -0.39 is 156 Å². The molecule has 3 rings (SSSR count). The van der Waals surface area contributed by atoms with Crippen LogP contribution in [-0.4, -0.2) is 204 Å². The largest absolute Gasteiger partial charge is 0.472 e. The first-order valence-electron chi connectivity index (χ1n) is 38.3. The van der Waals surface area contributed by atoms with Crippen LogP contribution in [0.15, 0.2) is 0 Å². The number of hydrogen-bond donors (Lipinski definition) is 11. The third-order valence-electron chi connectivity index (χ3n) is 19.1. The SMILES string of the molecule is CCCCCCCCCCCCCCCCCCCC(=O)OCC(COP(=O)(O)OC1C(OC2OC(CO)C(O)C(O)C2O)C(O)C(O)C(O)C1OC1OC(COC(=O)CCCCCCCCCCCCCC)C(O)C(O)C1O)OC(=O)CCCCCCCCCCCCCCC. The van der Waals surface area contributed by atoms with Gasteiger partial charge in [0.15, 0.2) is 18.7 Å². The van der Waals surface area contributed by atoms with Crippen molar-refractivity contribution in [2.24, 2.45) is 0 Å². The average molecular weight is 1420 g/mol. The van der Waals surface area contributed by atoms with Gasteiger partial charge in [0.05, 0.1) is 13.2 Å². The van der Waals surface area contributed by atoms with E-state index in [2.05, 4.69) is 20.8 Å². The highest BCUT2D eigenvalue weighted by molar-refractivity contribution is 7.47. The summed E-state index contributed by atoms with van der Waals surface area (Å²) in [5.41, 5.74) is 0. The van der Waals surface area contributed by atoms with Gasteiger partial charge in [0.1, 0.15) is 98.7 Å². The Morgan fingerprint density at radius 2 is 0.660 bits per heavy atom. The Balaban J connectivity index is 1.72. The number of aliphatic hydroxyl groups is 10. The zero-order valence-electron chi connectivity index (χ0n) is 59.6. The van der Waals surface area contributed by atoms with Crippen LogP contribution in [0.3, 0.4) is 0 Å². The highest BCUT2D eigenvalue weighted by Gasteiger charge is 2.58. The zero-order valence-corrected chi connectivity index (χ0v) is 60.5. The molecule has 11 N–H and O–H groups in total. The molecule has 572 valence electrons. The Hall–Kier alpha value is -2.04. The maximum atomic E-state index is 14.3. The quantitative estimate of drug-likeness (QED) is 0.0117. The van der Waals surface area contributed by atoms with E-state index in [-0.39, 0.29) is 19.3 Å². The number of aliphatic hydroxyl groups excluding tert-OH is 10. The Kier molecular flexibility index (Phi) is 50.2. The van der Waals surface area contributed by atoms with Gasteiger partial charge < -0.3 is 89.1 Å². The van der Waals surface area contributed by atoms with Gasteiger partial charge in [-0.1, -0.05) is 271 Å². The summed E-state index contributed by atoms with van der Waals surface area (Å²) >= 11 is 0. The molecule has 25 heteroatoms. The molecule has 0 radical (unpaired) electrons. The van der Waals surface area contributed by atoms with Crippen molar-refractivity contribution in [1.29, 1.82) is 0 Å². The first kappa shape index (κ1) is 89.2. The molecule has 97 heavy (non-hydrogen) atoms. The molecular weight excluding hydrogens is 1280 g/mol. The van der Waals surface area contributed by atoms with Crippen molar-refractivity contribution >= 4 is 25.7 Å². The van der Waals surface area contributed by atoms with Crippen LogP contribution in [0.1, 0.15) is 310 Å². The van der Waals surface area contributed by atoms with Gasteiger partial charge in [-0.05, 0) is 19.3 Å². The third kappa shape index (κ3) is 37.8. The van der Waals surface area contributed by atoms with Crippen molar-refractivity contribution in [2.75, 3.05) is 26.4 Å². The molecule has 0 aromatic carbocycles. The van der Waals surface area contributed by atoms with Crippen molar-refractivity contribution in [3.63, 3.8) is 0 Å². The minimum absolute atomic E-state index is 0.0332.